The van der Waals surface area contributed by atoms with Gasteiger partial charge >= 0.3 is 6.18 Å². The molecule has 0 saturated heterocycles. The number of amides is 2. The van der Waals surface area contributed by atoms with Crippen LogP contribution in [0.2, 0.25) is 0 Å². The van der Waals surface area contributed by atoms with Crippen molar-refractivity contribution in [3.05, 3.63) is 60.8 Å². The number of alkyl halides is 3. The van der Waals surface area contributed by atoms with Gasteiger partial charge in [-0.15, -0.1) is 0 Å². The number of methoxy groups -OCH3 is 1. The van der Waals surface area contributed by atoms with E-state index in [-0.39, 0.29) is 29.3 Å². The quantitative estimate of drug-likeness (QED) is 0.162. The van der Waals surface area contributed by atoms with Gasteiger partial charge in [0.05, 0.1) is 7.11 Å². The number of halogens is 3. The van der Waals surface area contributed by atoms with Crippen LogP contribution in [0.1, 0.15) is 18.4 Å². The summed E-state index contributed by atoms with van der Waals surface area (Å²) in [4.78, 5) is 35.5. The molecule has 2 heterocycles. The van der Waals surface area contributed by atoms with Gasteiger partial charge in [-0.2, -0.15) is 23.1 Å². The van der Waals surface area contributed by atoms with Crippen LogP contribution in [0.3, 0.4) is 0 Å². The van der Waals surface area contributed by atoms with Gasteiger partial charge in [0, 0.05) is 36.6 Å². The number of rotatable bonds is 12. The minimum atomic E-state index is -4.74. The number of nitrogens with one attached hydrogen (secondary N) is 5. The molecular weight excluding hydrogens is 529 g/mol. The van der Waals surface area contributed by atoms with Gasteiger partial charge in [-0.1, -0.05) is 12.6 Å². The van der Waals surface area contributed by atoms with Crippen LogP contribution in [-0.2, 0) is 15.8 Å². The lowest BCUT2D eigenvalue weighted by Gasteiger charge is -2.16. The predicted octanol–water partition coefficient (Wildman–Crippen LogP) is 4.45. The first kappa shape index (κ1) is 28.1. The summed E-state index contributed by atoms with van der Waals surface area (Å²) in [6, 6.07) is 9.35. The van der Waals surface area contributed by atoms with Crippen molar-refractivity contribution >= 4 is 46.5 Å². The fourth-order valence-corrected chi connectivity index (χ4v) is 3.53. The number of anilines is 6. The van der Waals surface area contributed by atoms with Gasteiger partial charge in [-0.25, -0.2) is 4.98 Å². The second-order valence-corrected chi connectivity index (χ2v) is 8.72. The van der Waals surface area contributed by atoms with E-state index in [9.17, 15) is 22.8 Å². The maximum Gasteiger partial charge on any atom is 0.421 e. The molecule has 4 rings (SSSR count). The molecule has 210 valence electrons. The van der Waals surface area contributed by atoms with Gasteiger partial charge in [0.2, 0.25) is 23.6 Å². The summed E-state index contributed by atoms with van der Waals surface area (Å²) < 4.78 is 46.5. The second-order valence-electron chi connectivity index (χ2n) is 8.72. The Bertz CT molecular complexity index is 1400. The molecule has 1 fully saturated rings. The van der Waals surface area contributed by atoms with E-state index in [1.54, 1.807) is 24.3 Å². The topological polar surface area (TPSA) is 142 Å². The number of ether oxygens (including phenoxy) is 1. The Morgan fingerprint density at radius 2 is 1.88 bits per heavy atom. The average Bonchev–Trinajstić information content (AvgIpc) is 3.77. The molecule has 0 atom stereocenters. The number of carbonyl (C=O) groups excluding carboxylic acids is 2. The predicted molar refractivity (Wildman–Crippen MR) is 144 cm³/mol. The largest absolute Gasteiger partial charge is 0.479 e. The first-order valence-electron chi connectivity index (χ1n) is 12.2. The number of hydrogen-bond donors (Lipinski definition) is 5. The fourth-order valence-electron chi connectivity index (χ4n) is 3.53. The number of aromatic nitrogens is 3. The fraction of sp³-hybridized carbons (Fsp3) is 0.269. The molecule has 2 amide bonds. The Morgan fingerprint density at radius 3 is 2.58 bits per heavy atom. The molecule has 0 bridgehead atoms. The first-order valence-corrected chi connectivity index (χ1v) is 12.2. The van der Waals surface area contributed by atoms with Crippen molar-refractivity contribution in [3.63, 3.8) is 0 Å². The normalized spacial score (nSPS) is 12.7. The third-order valence-corrected chi connectivity index (χ3v) is 5.65. The summed E-state index contributed by atoms with van der Waals surface area (Å²) in [5.74, 6) is -0.319. The monoisotopic (exact) mass is 556 g/mol. The molecule has 11 nitrogen and oxygen atoms in total. The lowest BCUT2D eigenvalue weighted by atomic mass is 10.2. The zero-order valence-electron chi connectivity index (χ0n) is 21.4. The van der Waals surface area contributed by atoms with E-state index in [0.717, 1.165) is 18.9 Å². The number of nitrogens with zero attached hydrogens (tertiary/aromatic N) is 3. The van der Waals surface area contributed by atoms with Gasteiger partial charge in [-0.3, -0.25) is 9.59 Å². The highest BCUT2D eigenvalue weighted by Gasteiger charge is 2.35. The van der Waals surface area contributed by atoms with E-state index in [2.05, 4.69) is 48.1 Å². The van der Waals surface area contributed by atoms with Crippen LogP contribution in [0.15, 0.2) is 55.3 Å². The van der Waals surface area contributed by atoms with E-state index in [1.165, 1.54) is 19.2 Å². The van der Waals surface area contributed by atoms with Crippen LogP contribution < -0.4 is 31.3 Å². The van der Waals surface area contributed by atoms with Gasteiger partial charge in [0.25, 0.3) is 0 Å². The maximum atomic E-state index is 13.7. The highest BCUT2D eigenvalue weighted by molar-refractivity contribution is 5.99. The standard InChI is InChI=1S/C26H27F3N8O3/c1-3-21(38)33-16-5-4-6-17(13-16)34-22-18(26(27,28)29)14-32-25(37-22)35-19-9-10-20(36-24(19)40-2)30-11-12-31-23(39)15-7-8-15/h3-6,9-10,13-15H,1,7-8,11-12H2,2H3,(H,30,36)(H,31,39)(H,33,38)(H2,32,34,35,37). The lowest BCUT2D eigenvalue weighted by Crippen LogP contribution is -2.29. The molecule has 0 aliphatic heterocycles. The molecule has 0 spiro atoms. The average molecular weight is 557 g/mol. The van der Waals surface area contributed by atoms with E-state index in [4.69, 9.17) is 4.74 Å². The first-order chi connectivity index (χ1) is 19.2. The smallest absolute Gasteiger partial charge is 0.421 e. The van der Waals surface area contributed by atoms with Gasteiger partial charge in [-0.05, 0) is 49.2 Å². The van der Waals surface area contributed by atoms with Crippen LogP contribution in [0.5, 0.6) is 5.88 Å². The molecule has 1 saturated carbocycles. The van der Waals surface area contributed by atoms with Crippen LogP contribution in [-0.4, -0.2) is 47.0 Å². The summed E-state index contributed by atoms with van der Waals surface area (Å²) in [6.07, 6.45) is -1.15. The third-order valence-electron chi connectivity index (χ3n) is 5.65. The van der Waals surface area contributed by atoms with Crippen LogP contribution in [0, 0.1) is 5.92 Å². The van der Waals surface area contributed by atoms with E-state index >= 15 is 0 Å². The van der Waals surface area contributed by atoms with Crippen molar-refractivity contribution in [2.45, 2.75) is 19.0 Å². The number of benzene rings is 1. The minimum absolute atomic E-state index is 0.0458. The van der Waals surface area contributed by atoms with Crippen molar-refractivity contribution in [2.75, 3.05) is 41.5 Å². The molecule has 5 N–H and O–H groups in total. The Balaban J connectivity index is 1.48. The molecule has 1 aromatic carbocycles. The summed E-state index contributed by atoms with van der Waals surface area (Å²) in [7, 11) is 1.39. The molecule has 0 radical (unpaired) electrons. The van der Waals surface area contributed by atoms with Gasteiger partial charge < -0.3 is 31.3 Å². The van der Waals surface area contributed by atoms with Crippen LogP contribution in [0.25, 0.3) is 0 Å². The molecule has 3 aromatic rings. The van der Waals surface area contributed by atoms with Crippen LogP contribution >= 0.6 is 0 Å². The Morgan fingerprint density at radius 1 is 1.10 bits per heavy atom. The lowest BCUT2D eigenvalue weighted by molar-refractivity contribution is -0.137. The number of pyridine rings is 1. The van der Waals surface area contributed by atoms with E-state index < -0.39 is 23.5 Å². The van der Waals surface area contributed by atoms with Crippen molar-refractivity contribution < 1.29 is 27.5 Å². The summed E-state index contributed by atoms with van der Waals surface area (Å²) in [5, 5.41) is 13.9. The van der Waals surface area contributed by atoms with E-state index in [0.29, 0.717) is 36.5 Å². The summed E-state index contributed by atoms with van der Waals surface area (Å²) >= 11 is 0. The molecule has 0 unspecified atom stereocenters. The highest BCUT2D eigenvalue weighted by atomic mass is 19.4. The Kier molecular flexibility index (Phi) is 8.67. The highest BCUT2D eigenvalue weighted by Crippen LogP contribution is 2.36. The molecule has 1 aliphatic rings. The number of hydrogen-bond acceptors (Lipinski definition) is 9. The van der Waals surface area contributed by atoms with Crippen LogP contribution in [0.4, 0.5) is 47.8 Å². The zero-order chi connectivity index (χ0) is 28.7. The maximum absolute atomic E-state index is 13.7. The summed E-state index contributed by atoms with van der Waals surface area (Å²) in [5.41, 5.74) is -0.169. The second kappa shape index (κ2) is 12.3. The van der Waals surface area contributed by atoms with Crippen molar-refractivity contribution in [1.82, 2.24) is 20.3 Å². The van der Waals surface area contributed by atoms with Gasteiger partial charge in [0.15, 0.2) is 0 Å². The molecule has 2 aromatic heterocycles. The van der Waals surface area contributed by atoms with Gasteiger partial charge in [0.1, 0.15) is 22.9 Å². The third kappa shape index (κ3) is 7.58. The number of carbonyl (C=O) groups is 2. The van der Waals surface area contributed by atoms with E-state index in [1.807, 2.05) is 0 Å². The molecule has 1 aliphatic carbocycles. The van der Waals surface area contributed by atoms with Crippen molar-refractivity contribution in [3.8, 4) is 5.88 Å². The zero-order valence-corrected chi connectivity index (χ0v) is 21.4. The Hall–Kier alpha value is -4.88. The van der Waals surface area contributed by atoms with Crippen molar-refractivity contribution in [2.24, 2.45) is 5.92 Å². The SMILES string of the molecule is C=CC(=O)Nc1cccc(Nc2nc(Nc3ccc(NCCNC(=O)C4CC4)nc3OC)ncc2C(F)(F)F)c1. The summed E-state index contributed by atoms with van der Waals surface area (Å²) in [6.45, 7) is 4.24. The van der Waals surface area contributed by atoms with Crippen molar-refractivity contribution in [1.29, 1.82) is 0 Å². The molecular formula is C26H27F3N8O3. The minimum Gasteiger partial charge on any atom is -0.479 e. The molecule has 40 heavy (non-hydrogen) atoms. The Labute approximate surface area is 227 Å². The molecule has 14 heteroatoms.